The monoisotopic (exact) mass is 304 g/mol. The standard InChI is InChI=1S/C19H20N4/c20-10-8-18-17(21)13-19(23-18)15-9-11-22-16(12-15)7-6-14-4-2-1-3-5-14/h1-7,9,11-13,23H,8,10,20-21H2/b7-6+. The van der Waals surface area contributed by atoms with Crippen LogP contribution in [0, 0.1) is 0 Å². The number of benzene rings is 1. The fraction of sp³-hybridized carbons (Fsp3) is 0.105. The summed E-state index contributed by atoms with van der Waals surface area (Å²) in [6, 6.07) is 16.1. The summed E-state index contributed by atoms with van der Waals surface area (Å²) in [4.78, 5) is 7.74. The maximum Gasteiger partial charge on any atom is 0.0636 e. The summed E-state index contributed by atoms with van der Waals surface area (Å²) in [5.41, 5.74) is 17.5. The normalized spacial score (nSPS) is 11.2. The average Bonchev–Trinajstić information content (AvgIpc) is 2.96. The van der Waals surface area contributed by atoms with Crippen molar-refractivity contribution in [3.05, 3.63) is 71.7 Å². The van der Waals surface area contributed by atoms with Gasteiger partial charge in [0.05, 0.1) is 11.4 Å². The molecule has 0 saturated carbocycles. The predicted octanol–water partition coefficient (Wildman–Crippen LogP) is 3.33. The highest BCUT2D eigenvalue weighted by atomic mass is 14.8. The van der Waals surface area contributed by atoms with Gasteiger partial charge in [-0.05, 0) is 36.4 Å². The minimum atomic E-state index is 0.575. The molecule has 0 amide bonds. The van der Waals surface area contributed by atoms with E-state index in [1.807, 2.05) is 42.5 Å². The minimum Gasteiger partial charge on any atom is -0.397 e. The van der Waals surface area contributed by atoms with Gasteiger partial charge in [0.2, 0.25) is 0 Å². The van der Waals surface area contributed by atoms with E-state index < -0.39 is 0 Å². The largest absolute Gasteiger partial charge is 0.397 e. The molecule has 3 rings (SSSR count). The van der Waals surface area contributed by atoms with Crippen molar-refractivity contribution in [1.82, 2.24) is 9.97 Å². The van der Waals surface area contributed by atoms with Crippen LogP contribution in [0.2, 0.25) is 0 Å². The lowest BCUT2D eigenvalue weighted by Gasteiger charge is -2.00. The number of nitrogens with two attached hydrogens (primary N) is 2. The van der Waals surface area contributed by atoms with E-state index in [1.54, 1.807) is 6.20 Å². The van der Waals surface area contributed by atoms with E-state index >= 15 is 0 Å². The van der Waals surface area contributed by atoms with Gasteiger partial charge in [0, 0.05) is 29.6 Å². The molecule has 116 valence electrons. The van der Waals surface area contributed by atoms with E-state index in [0.29, 0.717) is 6.54 Å². The molecule has 23 heavy (non-hydrogen) atoms. The van der Waals surface area contributed by atoms with Crippen molar-refractivity contribution in [1.29, 1.82) is 0 Å². The van der Waals surface area contributed by atoms with Crippen LogP contribution in [-0.2, 0) is 6.42 Å². The lowest BCUT2D eigenvalue weighted by molar-refractivity contribution is 0.939. The number of nitrogens with one attached hydrogen (secondary N) is 1. The van der Waals surface area contributed by atoms with Crippen LogP contribution in [0.5, 0.6) is 0 Å². The van der Waals surface area contributed by atoms with E-state index in [1.165, 1.54) is 0 Å². The number of pyridine rings is 1. The molecule has 4 heteroatoms. The van der Waals surface area contributed by atoms with Crippen LogP contribution in [0.15, 0.2) is 54.7 Å². The van der Waals surface area contributed by atoms with Crippen molar-refractivity contribution < 1.29 is 0 Å². The Kier molecular flexibility index (Phi) is 4.54. The van der Waals surface area contributed by atoms with Crippen molar-refractivity contribution in [2.75, 3.05) is 12.3 Å². The van der Waals surface area contributed by atoms with Crippen LogP contribution in [0.4, 0.5) is 5.69 Å². The first kappa shape index (κ1) is 15.1. The lowest BCUT2D eigenvalue weighted by atomic mass is 10.1. The highest BCUT2D eigenvalue weighted by molar-refractivity contribution is 5.72. The van der Waals surface area contributed by atoms with Crippen LogP contribution in [0.3, 0.4) is 0 Å². The Balaban J connectivity index is 1.85. The molecule has 5 N–H and O–H groups in total. The zero-order chi connectivity index (χ0) is 16.1. The van der Waals surface area contributed by atoms with Crippen LogP contribution < -0.4 is 11.5 Å². The molecule has 0 aliphatic heterocycles. The summed E-state index contributed by atoms with van der Waals surface area (Å²) in [7, 11) is 0. The minimum absolute atomic E-state index is 0.575. The number of aromatic amines is 1. The Hall–Kier alpha value is -2.85. The van der Waals surface area contributed by atoms with E-state index in [0.717, 1.165) is 40.3 Å². The van der Waals surface area contributed by atoms with Crippen LogP contribution in [-0.4, -0.2) is 16.5 Å². The first-order chi connectivity index (χ1) is 11.3. The fourth-order valence-electron chi connectivity index (χ4n) is 2.47. The Morgan fingerprint density at radius 2 is 1.87 bits per heavy atom. The molecule has 4 nitrogen and oxygen atoms in total. The van der Waals surface area contributed by atoms with Gasteiger partial charge in [0.1, 0.15) is 0 Å². The SMILES string of the molecule is NCCc1[nH]c(-c2ccnc(/C=C/c3ccccc3)c2)cc1N. The maximum absolute atomic E-state index is 6.02. The third-order valence-electron chi connectivity index (χ3n) is 3.67. The number of rotatable bonds is 5. The van der Waals surface area contributed by atoms with Crippen molar-refractivity contribution in [3.63, 3.8) is 0 Å². The van der Waals surface area contributed by atoms with Crippen LogP contribution in [0.25, 0.3) is 23.4 Å². The average molecular weight is 304 g/mol. The predicted molar refractivity (Wildman–Crippen MR) is 96.6 cm³/mol. The number of anilines is 1. The zero-order valence-electron chi connectivity index (χ0n) is 12.9. The van der Waals surface area contributed by atoms with Gasteiger partial charge in [0.15, 0.2) is 0 Å². The van der Waals surface area contributed by atoms with E-state index in [2.05, 4.69) is 28.2 Å². The fourth-order valence-corrected chi connectivity index (χ4v) is 2.47. The van der Waals surface area contributed by atoms with E-state index in [4.69, 9.17) is 11.5 Å². The Morgan fingerprint density at radius 3 is 2.65 bits per heavy atom. The first-order valence-electron chi connectivity index (χ1n) is 7.63. The molecule has 0 radical (unpaired) electrons. The summed E-state index contributed by atoms with van der Waals surface area (Å²) >= 11 is 0. The maximum atomic E-state index is 6.02. The molecule has 0 atom stereocenters. The highest BCUT2D eigenvalue weighted by Gasteiger charge is 2.07. The second kappa shape index (κ2) is 6.94. The lowest BCUT2D eigenvalue weighted by Crippen LogP contribution is -2.04. The summed E-state index contributed by atoms with van der Waals surface area (Å²) in [5.74, 6) is 0. The van der Waals surface area contributed by atoms with E-state index in [-0.39, 0.29) is 0 Å². The number of hydrogen-bond donors (Lipinski definition) is 3. The first-order valence-corrected chi connectivity index (χ1v) is 7.63. The van der Waals surface area contributed by atoms with Gasteiger partial charge < -0.3 is 16.5 Å². The van der Waals surface area contributed by atoms with Crippen molar-refractivity contribution in [3.8, 4) is 11.3 Å². The van der Waals surface area contributed by atoms with Gasteiger partial charge in [-0.25, -0.2) is 0 Å². The summed E-state index contributed by atoms with van der Waals surface area (Å²) in [5, 5.41) is 0. The quantitative estimate of drug-likeness (QED) is 0.676. The third-order valence-corrected chi connectivity index (χ3v) is 3.67. The molecule has 0 fully saturated rings. The van der Waals surface area contributed by atoms with Crippen molar-refractivity contribution in [2.45, 2.75) is 6.42 Å². The summed E-state index contributed by atoms with van der Waals surface area (Å²) < 4.78 is 0. The molecule has 0 spiro atoms. The molecule has 0 aliphatic carbocycles. The summed E-state index contributed by atoms with van der Waals surface area (Å²) in [6.45, 7) is 0.575. The highest BCUT2D eigenvalue weighted by Crippen LogP contribution is 2.24. The second-order valence-corrected chi connectivity index (χ2v) is 5.37. The number of nitrogen functional groups attached to an aromatic ring is 1. The molecular formula is C19H20N4. The summed E-state index contributed by atoms with van der Waals surface area (Å²) in [6.07, 6.45) is 6.61. The molecular weight excluding hydrogens is 284 g/mol. The van der Waals surface area contributed by atoms with Crippen molar-refractivity contribution >= 4 is 17.8 Å². The number of hydrogen-bond acceptors (Lipinski definition) is 3. The molecule has 0 bridgehead atoms. The van der Waals surface area contributed by atoms with Crippen LogP contribution >= 0.6 is 0 Å². The van der Waals surface area contributed by atoms with E-state index in [9.17, 15) is 0 Å². The molecule has 1 aromatic carbocycles. The van der Waals surface area contributed by atoms with Gasteiger partial charge in [0.25, 0.3) is 0 Å². The number of nitrogens with zero attached hydrogens (tertiary/aromatic N) is 1. The van der Waals surface area contributed by atoms with Gasteiger partial charge in [-0.15, -0.1) is 0 Å². The Labute approximate surface area is 135 Å². The van der Waals surface area contributed by atoms with Gasteiger partial charge in [-0.1, -0.05) is 36.4 Å². The Bertz CT molecular complexity index is 803. The molecule has 0 unspecified atom stereocenters. The molecule has 0 saturated heterocycles. The molecule has 2 heterocycles. The van der Waals surface area contributed by atoms with Gasteiger partial charge >= 0.3 is 0 Å². The smallest absolute Gasteiger partial charge is 0.0636 e. The van der Waals surface area contributed by atoms with Crippen molar-refractivity contribution in [2.24, 2.45) is 5.73 Å². The van der Waals surface area contributed by atoms with Gasteiger partial charge in [-0.3, -0.25) is 4.98 Å². The number of aromatic nitrogens is 2. The molecule has 2 aromatic heterocycles. The number of H-pyrrole nitrogens is 1. The van der Waals surface area contributed by atoms with Crippen LogP contribution in [0.1, 0.15) is 17.0 Å². The molecule has 3 aromatic rings. The topological polar surface area (TPSA) is 80.7 Å². The Morgan fingerprint density at radius 1 is 1.04 bits per heavy atom. The third kappa shape index (κ3) is 3.67. The zero-order valence-corrected chi connectivity index (χ0v) is 12.9. The molecule has 0 aliphatic rings. The van der Waals surface area contributed by atoms with Gasteiger partial charge in [-0.2, -0.15) is 0 Å². The second-order valence-electron chi connectivity index (χ2n) is 5.37.